The van der Waals surface area contributed by atoms with E-state index < -0.39 is 9.84 Å². The zero-order valence-corrected chi connectivity index (χ0v) is 13.4. The fraction of sp³-hybridized carbons (Fsp3) is 0.500. The summed E-state index contributed by atoms with van der Waals surface area (Å²) in [4.78, 5) is 0.230. The lowest BCUT2D eigenvalue weighted by Gasteiger charge is -2.24. The van der Waals surface area contributed by atoms with Crippen molar-refractivity contribution in [2.45, 2.75) is 37.6 Å². The van der Waals surface area contributed by atoms with Gasteiger partial charge < -0.3 is 16.3 Å². The van der Waals surface area contributed by atoms with Crippen LogP contribution in [0.4, 0.5) is 0 Å². The molecule has 1 rings (SSSR count). The predicted octanol–water partition coefficient (Wildman–Crippen LogP) is 1.33. The van der Waals surface area contributed by atoms with Gasteiger partial charge in [-0.15, -0.1) is 0 Å². The van der Waals surface area contributed by atoms with E-state index in [-0.39, 0.29) is 22.0 Å². The lowest BCUT2D eigenvalue weighted by atomic mass is 10.0. The number of hydrogen-bond donors (Lipinski definition) is 3. The Morgan fingerprint density at radius 2 is 1.90 bits per heavy atom. The van der Waals surface area contributed by atoms with Gasteiger partial charge in [0.2, 0.25) is 0 Å². The molecule has 0 saturated heterocycles. The molecule has 4 N–H and O–H groups in total. The van der Waals surface area contributed by atoms with Gasteiger partial charge in [0.25, 0.3) is 0 Å². The maximum atomic E-state index is 12.2. The van der Waals surface area contributed by atoms with Crippen LogP contribution >= 0.6 is 0 Å². The fourth-order valence-corrected chi connectivity index (χ4v) is 2.81. The molecule has 0 amide bonds. The first-order chi connectivity index (χ1) is 9.72. The number of nitrogens with zero attached hydrogens (tertiary/aromatic N) is 1. The van der Waals surface area contributed by atoms with Gasteiger partial charge in [0.05, 0.1) is 10.6 Å². The average molecular weight is 313 g/mol. The standard InChI is InChI=1S/C14H23N3O3S/c1-4-14(2,3)16-9-10-21(19,20)12-7-5-11(6-8-12)13(15)17-18/h5-8,16,18H,4,9-10H2,1-3H3,(H2,15,17). The summed E-state index contributed by atoms with van der Waals surface area (Å²) in [6.07, 6.45) is 0.918. The molecule has 118 valence electrons. The lowest BCUT2D eigenvalue weighted by Crippen LogP contribution is -2.41. The molecule has 0 unspecified atom stereocenters. The Kier molecular flexibility index (Phi) is 5.74. The summed E-state index contributed by atoms with van der Waals surface area (Å²) < 4.78 is 24.4. The molecule has 0 fully saturated rings. The number of oxime groups is 1. The Bertz CT molecular complexity index is 592. The molecule has 21 heavy (non-hydrogen) atoms. The van der Waals surface area contributed by atoms with E-state index in [1.54, 1.807) is 0 Å². The third kappa shape index (κ3) is 5.02. The molecule has 7 heteroatoms. The number of hydrogen-bond acceptors (Lipinski definition) is 5. The van der Waals surface area contributed by atoms with Crippen molar-refractivity contribution in [2.24, 2.45) is 10.9 Å². The molecule has 0 saturated carbocycles. The number of amidine groups is 1. The van der Waals surface area contributed by atoms with Crippen LogP contribution in [0.2, 0.25) is 0 Å². The fourth-order valence-electron chi connectivity index (χ4n) is 1.66. The van der Waals surface area contributed by atoms with Crippen LogP contribution < -0.4 is 11.1 Å². The number of rotatable bonds is 7. The number of nitrogens with one attached hydrogen (secondary N) is 1. The Morgan fingerprint density at radius 1 is 1.33 bits per heavy atom. The maximum Gasteiger partial charge on any atom is 0.179 e. The molecule has 1 aromatic carbocycles. The Hall–Kier alpha value is -1.60. The summed E-state index contributed by atoms with van der Waals surface area (Å²) in [5, 5.41) is 14.7. The van der Waals surface area contributed by atoms with Crippen molar-refractivity contribution >= 4 is 15.7 Å². The van der Waals surface area contributed by atoms with Crippen LogP contribution in [0.5, 0.6) is 0 Å². The predicted molar refractivity (Wildman–Crippen MR) is 83.4 cm³/mol. The van der Waals surface area contributed by atoms with E-state index in [1.165, 1.54) is 24.3 Å². The highest BCUT2D eigenvalue weighted by Gasteiger charge is 2.18. The monoisotopic (exact) mass is 313 g/mol. The zero-order valence-electron chi connectivity index (χ0n) is 12.6. The Labute approximate surface area is 126 Å². The third-order valence-electron chi connectivity index (χ3n) is 3.48. The molecule has 0 heterocycles. The quantitative estimate of drug-likeness (QED) is 0.305. The second-order valence-electron chi connectivity index (χ2n) is 5.49. The van der Waals surface area contributed by atoms with Gasteiger partial charge >= 0.3 is 0 Å². The molecule has 0 aliphatic heterocycles. The highest BCUT2D eigenvalue weighted by Crippen LogP contribution is 2.13. The van der Waals surface area contributed by atoms with Crippen molar-refractivity contribution in [1.82, 2.24) is 5.32 Å². The van der Waals surface area contributed by atoms with Crippen molar-refractivity contribution in [3.8, 4) is 0 Å². The SMILES string of the molecule is CCC(C)(C)NCCS(=O)(=O)c1ccc(/C(N)=N/O)cc1. The second-order valence-corrected chi connectivity index (χ2v) is 7.60. The molecule has 0 bridgehead atoms. The lowest BCUT2D eigenvalue weighted by molar-refractivity contribution is 0.318. The minimum atomic E-state index is -3.35. The first-order valence-corrected chi connectivity index (χ1v) is 8.43. The topological polar surface area (TPSA) is 105 Å². The third-order valence-corrected chi connectivity index (χ3v) is 5.21. The summed E-state index contributed by atoms with van der Waals surface area (Å²) in [6.45, 7) is 6.51. The first-order valence-electron chi connectivity index (χ1n) is 6.77. The molecule has 6 nitrogen and oxygen atoms in total. The van der Waals surface area contributed by atoms with E-state index in [9.17, 15) is 8.42 Å². The van der Waals surface area contributed by atoms with E-state index >= 15 is 0 Å². The largest absolute Gasteiger partial charge is 0.409 e. The van der Waals surface area contributed by atoms with Gasteiger partial charge in [-0.3, -0.25) is 0 Å². The van der Waals surface area contributed by atoms with Gasteiger partial charge in [0, 0.05) is 17.6 Å². The molecule has 1 aromatic rings. The van der Waals surface area contributed by atoms with Crippen molar-refractivity contribution in [1.29, 1.82) is 0 Å². The van der Waals surface area contributed by atoms with Crippen LogP contribution in [0.3, 0.4) is 0 Å². The number of sulfone groups is 1. The van der Waals surface area contributed by atoms with Crippen molar-refractivity contribution in [3.63, 3.8) is 0 Å². The van der Waals surface area contributed by atoms with Crippen LogP contribution in [0, 0.1) is 0 Å². The minimum absolute atomic E-state index is 0.0271. The van der Waals surface area contributed by atoms with Crippen LogP contribution in [-0.4, -0.2) is 37.3 Å². The molecule has 0 aliphatic carbocycles. The molecular weight excluding hydrogens is 290 g/mol. The van der Waals surface area contributed by atoms with Gasteiger partial charge in [-0.25, -0.2) is 8.42 Å². The second kappa shape index (κ2) is 6.91. The van der Waals surface area contributed by atoms with Crippen molar-refractivity contribution in [2.75, 3.05) is 12.3 Å². The summed E-state index contributed by atoms with van der Waals surface area (Å²) in [5.41, 5.74) is 5.83. The molecule has 0 aliphatic rings. The van der Waals surface area contributed by atoms with Gasteiger partial charge in [-0.1, -0.05) is 12.1 Å². The van der Waals surface area contributed by atoms with Gasteiger partial charge in [0.1, 0.15) is 0 Å². The smallest absolute Gasteiger partial charge is 0.179 e. The van der Waals surface area contributed by atoms with Gasteiger partial charge in [0.15, 0.2) is 15.7 Å². The van der Waals surface area contributed by atoms with Crippen LogP contribution in [0.15, 0.2) is 34.3 Å². The maximum absolute atomic E-state index is 12.2. The molecule has 0 atom stereocenters. The molecule has 0 radical (unpaired) electrons. The van der Waals surface area contributed by atoms with E-state index in [1.807, 2.05) is 20.8 Å². The van der Waals surface area contributed by atoms with E-state index in [4.69, 9.17) is 10.9 Å². The minimum Gasteiger partial charge on any atom is -0.409 e. The van der Waals surface area contributed by atoms with Crippen LogP contribution in [-0.2, 0) is 9.84 Å². The number of benzene rings is 1. The summed E-state index contributed by atoms with van der Waals surface area (Å²) in [5.74, 6) is -0.0235. The summed E-state index contributed by atoms with van der Waals surface area (Å²) in [7, 11) is -3.35. The van der Waals surface area contributed by atoms with Crippen LogP contribution in [0.25, 0.3) is 0 Å². The molecule has 0 spiro atoms. The average Bonchev–Trinajstić information content (AvgIpc) is 2.46. The summed E-state index contributed by atoms with van der Waals surface area (Å²) >= 11 is 0. The first kappa shape index (κ1) is 17.5. The van der Waals surface area contributed by atoms with Crippen molar-refractivity contribution in [3.05, 3.63) is 29.8 Å². The highest BCUT2D eigenvalue weighted by atomic mass is 32.2. The Morgan fingerprint density at radius 3 is 2.38 bits per heavy atom. The summed E-state index contributed by atoms with van der Waals surface area (Å²) in [6, 6.07) is 5.97. The van der Waals surface area contributed by atoms with Gasteiger partial charge in [-0.05, 0) is 44.5 Å². The number of nitrogens with two attached hydrogens (primary N) is 1. The van der Waals surface area contributed by atoms with E-state index in [0.29, 0.717) is 12.1 Å². The zero-order chi connectivity index (χ0) is 16.1. The molecule has 0 aromatic heterocycles. The van der Waals surface area contributed by atoms with E-state index in [0.717, 1.165) is 6.42 Å². The Balaban J connectivity index is 2.75. The van der Waals surface area contributed by atoms with Gasteiger partial charge in [-0.2, -0.15) is 0 Å². The highest BCUT2D eigenvalue weighted by molar-refractivity contribution is 7.91. The van der Waals surface area contributed by atoms with Crippen LogP contribution in [0.1, 0.15) is 32.8 Å². The van der Waals surface area contributed by atoms with E-state index in [2.05, 4.69) is 10.5 Å². The normalized spacial score (nSPS) is 13.4. The van der Waals surface area contributed by atoms with Crippen molar-refractivity contribution < 1.29 is 13.6 Å². The molecular formula is C14H23N3O3S.